The van der Waals surface area contributed by atoms with Gasteiger partial charge in [-0.2, -0.15) is 0 Å². The third-order valence-electron chi connectivity index (χ3n) is 3.43. The third-order valence-corrected chi connectivity index (χ3v) is 4.28. The van der Waals surface area contributed by atoms with Crippen LogP contribution in [-0.2, 0) is 6.54 Å². The highest BCUT2D eigenvalue weighted by Gasteiger charge is 2.34. The first-order valence-electron chi connectivity index (χ1n) is 6.96. The second-order valence-electron chi connectivity index (χ2n) is 5.29. The molecule has 0 radical (unpaired) electrons. The molecule has 0 fully saturated rings. The van der Waals surface area contributed by atoms with Gasteiger partial charge in [-0.3, -0.25) is 18.8 Å². The first kappa shape index (κ1) is 14.8. The largest absolute Gasteiger partial charge is 0.270 e. The fraction of sp³-hybridized carbons (Fsp3) is 0.176. The lowest BCUT2D eigenvalue weighted by Crippen LogP contribution is -2.29. The summed E-state index contributed by atoms with van der Waals surface area (Å²) in [6.07, 6.45) is 0. The van der Waals surface area contributed by atoms with Crippen molar-refractivity contribution in [3.8, 4) is 0 Å². The van der Waals surface area contributed by atoms with E-state index in [-0.39, 0.29) is 11.8 Å². The van der Waals surface area contributed by atoms with Crippen molar-refractivity contribution in [1.29, 1.82) is 0 Å². The summed E-state index contributed by atoms with van der Waals surface area (Å²) in [5.74, 6) is -0.431. The van der Waals surface area contributed by atoms with Crippen LogP contribution in [0.3, 0.4) is 0 Å². The lowest BCUT2D eigenvalue weighted by molar-refractivity contribution is 0.0642. The Morgan fingerprint density at radius 1 is 0.909 bits per heavy atom. The summed E-state index contributed by atoms with van der Waals surface area (Å²) in [4.78, 5) is 27.1. The van der Waals surface area contributed by atoms with Crippen molar-refractivity contribution >= 4 is 23.8 Å². The summed E-state index contributed by atoms with van der Waals surface area (Å²) in [5.41, 5.74) is 1.93. The van der Waals surface area contributed by atoms with Crippen molar-refractivity contribution in [1.82, 2.24) is 9.21 Å². The van der Waals surface area contributed by atoms with Gasteiger partial charge in [0.2, 0.25) is 0 Å². The molecule has 112 valence electrons. The molecule has 1 aliphatic rings. The van der Waals surface area contributed by atoms with Gasteiger partial charge in [-0.05, 0) is 55.9 Å². The molecule has 5 heteroatoms. The van der Waals surface area contributed by atoms with E-state index in [1.807, 2.05) is 42.7 Å². The zero-order chi connectivity index (χ0) is 15.7. The van der Waals surface area contributed by atoms with Crippen LogP contribution < -0.4 is 0 Å². The zero-order valence-corrected chi connectivity index (χ0v) is 13.3. The van der Waals surface area contributed by atoms with Crippen LogP contribution in [0.25, 0.3) is 0 Å². The van der Waals surface area contributed by atoms with Gasteiger partial charge in [0, 0.05) is 4.90 Å². The fourth-order valence-corrected chi connectivity index (χ4v) is 3.11. The fourth-order valence-electron chi connectivity index (χ4n) is 2.43. The molecule has 0 saturated heterocycles. The minimum absolute atomic E-state index is 0.215. The summed E-state index contributed by atoms with van der Waals surface area (Å²) in [6, 6.07) is 14.9. The molecular weight excluding hydrogens is 296 g/mol. The smallest absolute Gasteiger partial charge is 0.261 e. The van der Waals surface area contributed by atoms with Crippen molar-refractivity contribution in [2.24, 2.45) is 0 Å². The molecule has 0 atom stereocenters. The van der Waals surface area contributed by atoms with Crippen LogP contribution in [0.15, 0.2) is 53.4 Å². The molecule has 3 rings (SSSR count). The molecule has 0 unspecified atom stereocenters. The zero-order valence-electron chi connectivity index (χ0n) is 12.4. The average Bonchev–Trinajstić information content (AvgIpc) is 2.74. The molecule has 1 heterocycles. The van der Waals surface area contributed by atoms with Crippen molar-refractivity contribution in [2.45, 2.75) is 11.4 Å². The minimum Gasteiger partial charge on any atom is -0.270 e. The van der Waals surface area contributed by atoms with E-state index in [4.69, 9.17) is 0 Å². The third kappa shape index (κ3) is 2.77. The van der Waals surface area contributed by atoms with E-state index in [9.17, 15) is 9.59 Å². The SMILES string of the molecule is CN(C)Sc1ccc(CN2C(=O)c3ccccc3C2=O)cc1. The molecule has 1 aliphatic heterocycles. The summed E-state index contributed by atoms with van der Waals surface area (Å²) < 4.78 is 2.01. The molecule has 22 heavy (non-hydrogen) atoms. The second-order valence-corrected chi connectivity index (χ2v) is 6.67. The van der Waals surface area contributed by atoms with Crippen molar-refractivity contribution in [2.75, 3.05) is 14.1 Å². The normalized spacial score (nSPS) is 13.9. The molecule has 2 amide bonds. The molecule has 0 aliphatic carbocycles. The van der Waals surface area contributed by atoms with Crippen LogP contribution in [0.1, 0.15) is 26.3 Å². The Balaban J connectivity index is 1.77. The summed E-state index contributed by atoms with van der Waals surface area (Å²) in [7, 11) is 3.97. The van der Waals surface area contributed by atoms with Crippen molar-refractivity contribution < 1.29 is 9.59 Å². The van der Waals surface area contributed by atoms with E-state index in [1.165, 1.54) is 4.90 Å². The molecule has 0 spiro atoms. The van der Waals surface area contributed by atoms with Crippen LogP contribution in [0.2, 0.25) is 0 Å². The van der Waals surface area contributed by atoms with Crippen LogP contribution in [0.5, 0.6) is 0 Å². The van der Waals surface area contributed by atoms with Gasteiger partial charge in [-0.1, -0.05) is 24.3 Å². The van der Waals surface area contributed by atoms with E-state index in [2.05, 4.69) is 0 Å². The lowest BCUT2D eigenvalue weighted by Gasteiger charge is -2.14. The Morgan fingerprint density at radius 2 is 1.45 bits per heavy atom. The maximum atomic E-state index is 12.3. The molecular formula is C17H16N2O2S. The predicted molar refractivity (Wildman–Crippen MR) is 86.6 cm³/mol. The van der Waals surface area contributed by atoms with Gasteiger partial charge in [0.1, 0.15) is 0 Å². The van der Waals surface area contributed by atoms with Crippen LogP contribution in [-0.4, -0.2) is 35.1 Å². The monoisotopic (exact) mass is 312 g/mol. The first-order chi connectivity index (χ1) is 10.6. The molecule has 2 aromatic rings. The summed E-state index contributed by atoms with van der Waals surface area (Å²) in [6.45, 7) is 0.305. The molecule has 0 bridgehead atoms. The number of nitrogens with zero attached hydrogens (tertiary/aromatic N) is 2. The lowest BCUT2D eigenvalue weighted by atomic mass is 10.1. The Hall–Kier alpha value is -2.11. The minimum atomic E-state index is -0.215. The van der Waals surface area contributed by atoms with Gasteiger partial charge < -0.3 is 0 Å². The van der Waals surface area contributed by atoms with E-state index < -0.39 is 0 Å². The topological polar surface area (TPSA) is 40.6 Å². The number of hydrogen-bond donors (Lipinski definition) is 0. The Labute approximate surface area is 133 Å². The number of carbonyl (C=O) groups is 2. The number of imide groups is 1. The predicted octanol–water partition coefficient (Wildman–Crippen LogP) is 3.05. The van der Waals surface area contributed by atoms with Crippen molar-refractivity contribution in [3.63, 3.8) is 0 Å². The molecule has 0 aromatic heterocycles. The Morgan fingerprint density at radius 3 is 1.95 bits per heavy atom. The average molecular weight is 312 g/mol. The first-order valence-corrected chi connectivity index (χ1v) is 7.73. The van der Waals surface area contributed by atoms with Gasteiger partial charge in [0.05, 0.1) is 17.7 Å². The maximum absolute atomic E-state index is 12.3. The highest BCUT2D eigenvalue weighted by molar-refractivity contribution is 7.97. The van der Waals surface area contributed by atoms with E-state index in [0.29, 0.717) is 17.7 Å². The number of benzene rings is 2. The summed E-state index contributed by atoms with van der Waals surface area (Å²) in [5, 5.41) is 0. The van der Waals surface area contributed by atoms with Crippen LogP contribution in [0.4, 0.5) is 0 Å². The van der Waals surface area contributed by atoms with Crippen LogP contribution in [0, 0.1) is 0 Å². The van der Waals surface area contributed by atoms with Gasteiger partial charge in [0.15, 0.2) is 0 Å². The maximum Gasteiger partial charge on any atom is 0.261 e. The van der Waals surface area contributed by atoms with Gasteiger partial charge >= 0.3 is 0 Å². The van der Waals surface area contributed by atoms with Gasteiger partial charge in [0.25, 0.3) is 11.8 Å². The van der Waals surface area contributed by atoms with Crippen molar-refractivity contribution in [3.05, 3.63) is 65.2 Å². The standard InChI is InChI=1S/C17H16N2O2S/c1-18(2)22-13-9-7-12(8-10-13)11-19-16(20)14-5-3-4-6-15(14)17(19)21/h3-10H,11H2,1-2H3. The van der Waals surface area contributed by atoms with Crippen LogP contribution >= 0.6 is 11.9 Å². The van der Waals surface area contributed by atoms with E-state index >= 15 is 0 Å². The number of hydrogen-bond acceptors (Lipinski definition) is 4. The van der Waals surface area contributed by atoms with Gasteiger partial charge in [-0.15, -0.1) is 0 Å². The second kappa shape index (κ2) is 5.94. The van der Waals surface area contributed by atoms with E-state index in [1.54, 1.807) is 36.2 Å². The highest BCUT2D eigenvalue weighted by Crippen LogP contribution is 2.25. The summed E-state index contributed by atoms with van der Waals surface area (Å²) >= 11 is 1.63. The quantitative estimate of drug-likeness (QED) is 0.643. The molecule has 0 saturated carbocycles. The number of fused-ring (bicyclic) bond motifs is 1. The van der Waals surface area contributed by atoms with Gasteiger partial charge in [-0.25, -0.2) is 0 Å². The Bertz CT molecular complexity index is 691. The molecule has 0 N–H and O–H groups in total. The Kier molecular flexibility index (Phi) is 4.00. The highest BCUT2D eigenvalue weighted by atomic mass is 32.2. The molecule has 4 nitrogen and oxygen atoms in total. The number of amides is 2. The number of rotatable bonds is 4. The number of carbonyl (C=O) groups excluding carboxylic acids is 2. The van der Waals surface area contributed by atoms with E-state index in [0.717, 1.165) is 10.5 Å². The molecule has 2 aromatic carbocycles.